The summed E-state index contributed by atoms with van der Waals surface area (Å²) >= 11 is 0. The molecule has 17 heavy (non-hydrogen) atoms. The van der Waals surface area contributed by atoms with Gasteiger partial charge in [0.2, 0.25) is 0 Å². The van der Waals surface area contributed by atoms with E-state index in [1.165, 1.54) is 12.1 Å². The lowest BCUT2D eigenvalue weighted by atomic mass is 10.2. The van der Waals surface area contributed by atoms with Gasteiger partial charge in [-0.25, -0.2) is 4.79 Å². The lowest BCUT2D eigenvalue weighted by molar-refractivity contribution is -0.389. The van der Waals surface area contributed by atoms with Crippen LogP contribution in [0.3, 0.4) is 0 Å². The Morgan fingerprint density at radius 2 is 2.29 bits per heavy atom. The number of hydrogen-bond donors (Lipinski definition) is 0. The molecular formula is C11H12N2O4. The van der Waals surface area contributed by atoms with Crippen molar-refractivity contribution in [3.8, 4) is 0 Å². The first-order valence-electron chi connectivity index (χ1n) is 5.01. The van der Waals surface area contributed by atoms with Gasteiger partial charge in [0, 0.05) is 13.0 Å². The third kappa shape index (κ3) is 3.67. The zero-order valence-electron chi connectivity index (χ0n) is 9.54. The highest BCUT2D eigenvalue weighted by molar-refractivity contribution is 5.87. The molecule has 90 valence electrons. The van der Waals surface area contributed by atoms with Crippen LogP contribution in [0.4, 0.5) is 5.82 Å². The highest BCUT2D eigenvalue weighted by atomic mass is 16.6. The Morgan fingerprint density at radius 3 is 2.88 bits per heavy atom. The number of nitro groups is 1. The fourth-order valence-electron chi connectivity index (χ4n) is 1.18. The Hall–Kier alpha value is -2.24. The van der Waals surface area contributed by atoms with Crippen molar-refractivity contribution >= 4 is 17.9 Å². The maximum atomic E-state index is 11.1. The van der Waals surface area contributed by atoms with Crippen LogP contribution in [0.1, 0.15) is 18.2 Å². The van der Waals surface area contributed by atoms with E-state index >= 15 is 0 Å². The predicted octanol–water partition coefficient (Wildman–Crippen LogP) is 1.87. The molecule has 1 aromatic heterocycles. The second-order valence-electron chi connectivity index (χ2n) is 3.21. The van der Waals surface area contributed by atoms with Crippen molar-refractivity contribution in [1.82, 2.24) is 4.98 Å². The third-order valence-corrected chi connectivity index (χ3v) is 1.90. The van der Waals surface area contributed by atoms with Gasteiger partial charge in [-0.1, -0.05) is 0 Å². The summed E-state index contributed by atoms with van der Waals surface area (Å²) in [5.74, 6) is -0.812. The van der Waals surface area contributed by atoms with Crippen molar-refractivity contribution in [2.24, 2.45) is 0 Å². The van der Waals surface area contributed by atoms with Crippen LogP contribution in [-0.4, -0.2) is 22.5 Å². The summed E-state index contributed by atoms with van der Waals surface area (Å²) in [7, 11) is 0. The first-order chi connectivity index (χ1) is 8.04. The molecule has 0 aliphatic heterocycles. The van der Waals surface area contributed by atoms with Gasteiger partial charge < -0.3 is 14.9 Å². The first-order valence-corrected chi connectivity index (χ1v) is 5.01. The lowest BCUT2D eigenvalue weighted by Crippen LogP contribution is -2.00. The molecule has 0 unspecified atom stereocenters. The minimum absolute atomic E-state index is 0.261. The Bertz CT molecular complexity index is 469. The van der Waals surface area contributed by atoms with Crippen LogP contribution in [0, 0.1) is 17.0 Å². The first kappa shape index (κ1) is 12.8. The van der Waals surface area contributed by atoms with Crippen molar-refractivity contribution in [3.05, 3.63) is 39.6 Å². The van der Waals surface area contributed by atoms with Crippen LogP contribution in [0.5, 0.6) is 0 Å². The monoisotopic (exact) mass is 236 g/mol. The number of rotatable bonds is 4. The molecule has 6 heteroatoms. The molecule has 1 heterocycles. The Labute approximate surface area is 98.1 Å². The Kier molecular flexibility index (Phi) is 4.33. The highest BCUT2D eigenvalue weighted by Gasteiger charge is 2.13. The van der Waals surface area contributed by atoms with E-state index in [-0.39, 0.29) is 18.0 Å². The third-order valence-electron chi connectivity index (χ3n) is 1.90. The molecule has 0 fully saturated rings. The molecule has 1 aromatic rings. The van der Waals surface area contributed by atoms with Crippen LogP contribution in [0.2, 0.25) is 0 Å². The van der Waals surface area contributed by atoms with Gasteiger partial charge >= 0.3 is 11.8 Å². The van der Waals surface area contributed by atoms with Crippen LogP contribution in [0.25, 0.3) is 6.08 Å². The summed E-state index contributed by atoms with van der Waals surface area (Å²) in [5.41, 5.74) is 0.818. The van der Waals surface area contributed by atoms with E-state index < -0.39 is 10.9 Å². The molecule has 0 spiro atoms. The fourth-order valence-corrected chi connectivity index (χ4v) is 1.18. The zero-order valence-corrected chi connectivity index (χ0v) is 9.54. The Balaban J connectivity index is 2.98. The van der Waals surface area contributed by atoms with Gasteiger partial charge in [-0.3, -0.25) is 0 Å². The van der Waals surface area contributed by atoms with E-state index in [0.29, 0.717) is 5.69 Å². The van der Waals surface area contributed by atoms with Gasteiger partial charge in [-0.05, 0) is 35.0 Å². The topological polar surface area (TPSA) is 82.3 Å². The molecule has 1 rings (SSSR count). The van der Waals surface area contributed by atoms with Crippen LogP contribution >= 0.6 is 0 Å². The molecule has 6 nitrogen and oxygen atoms in total. The van der Waals surface area contributed by atoms with Crippen molar-refractivity contribution in [1.29, 1.82) is 0 Å². The molecule has 0 saturated carbocycles. The summed E-state index contributed by atoms with van der Waals surface area (Å²) in [5, 5.41) is 10.7. The van der Waals surface area contributed by atoms with Gasteiger partial charge in [0.1, 0.15) is 5.69 Å². The van der Waals surface area contributed by atoms with E-state index in [1.54, 1.807) is 19.9 Å². The number of carbonyl (C=O) groups is 1. The maximum Gasteiger partial charge on any atom is 0.370 e. The fraction of sp³-hybridized carbons (Fsp3) is 0.273. The number of carbonyl (C=O) groups excluding carboxylic acids is 1. The van der Waals surface area contributed by atoms with Crippen LogP contribution in [-0.2, 0) is 9.53 Å². The molecular weight excluding hydrogens is 224 g/mol. The number of aromatic nitrogens is 1. The lowest BCUT2D eigenvalue weighted by Gasteiger charge is -1.98. The van der Waals surface area contributed by atoms with E-state index in [2.05, 4.69) is 9.72 Å². The molecule has 0 aromatic carbocycles. The summed E-state index contributed by atoms with van der Waals surface area (Å²) in [6, 6.07) is 3.17. The molecule has 0 atom stereocenters. The summed E-state index contributed by atoms with van der Waals surface area (Å²) < 4.78 is 4.67. The van der Waals surface area contributed by atoms with Gasteiger partial charge in [-0.2, -0.15) is 0 Å². The molecule has 0 radical (unpaired) electrons. The van der Waals surface area contributed by atoms with Crippen molar-refractivity contribution in [2.45, 2.75) is 13.8 Å². The SMILES string of the molecule is CCOC(=O)/C=C/c1ccc(C)nc1[N+](=O)[O-]. The molecule has 0 saturated heterocycles. The highest BCUT2D eigenvalue weighted by Crippen LogP contribution is 2.17. The van der Waals surface area contributed by atoms with Gasteiger partial charge in [-0.15, -0.1) is 0 Å². The Morgan fingerprint density at radius 1 is 1.59 bits per heavy atom. The molecule has 0 bridgehead atoms. The van der Waals surface area contributed by atoms with E-state index in [0.717, 1.165) is 6.08 Å². The summed E-state index contributed by atoms with van der Waals surface area (Å²) in [4.78, 5) is 25.0. The molecule has 0 aliphatic rings. The maximum absolute atomic E-state index is 11.1. The van der Waals surface area contributed by atoms with Crippen LogP contribution < -0.4 is 0 Å². The quantitative estimate of drug-likeness (QED) is 0.345. The number of esters is 1. The molecule has 0 amide bonds. The molecule has 0 N–H and O–H groups in total. The second kappa shape index (κ2) is 5.74. The number of aryl methyl sites for hydroxylation is 1. The summed E-state index contributed by atoms with van der Waals surface area (Å²) in [6.45, 7) is 3.60. The van der Waals surface area contributed by atoms with Crippen molar-refractivity contribution in [3.63, 3.8) is 0 Å². The van der Waals surface area contributed by atoms with Crippen LogP contribution in [0.15, 0.2) is 18.2 Å². The van der Waals surface area contributed by atoms with E-state index in [9.17, 15) is 14.9 Å². The van der Waals surface area contributed by atoms with Crippen molar-refractivity contribution < 1.29 is 14.5 Å². The number of nitrogens with zero attached hydrogens (tertiary/aromatic N) is 2. The summed E-state index contributed by atoms with van der Waals surface area (Å²) in [6.07, 6.45) is 2.46. The smallest absolute Gasteiger partial charge is 0.370 e. The van der Waals surface area contributed by atoms with E-state index in [1.807, 2.05) is 0 Å². The van der Waals surface area contributed by atoms with Gasteiger partial charge in [0.15, 0.2) is 0 Å². The van der Waals surface area contributed by atoms with Crippen molar-refractivity contribution in [2.75, 3.05) is 6.61 Å². The van der Waals surface area contributed by atoms with Gasteiger partial charge in [0.25, 0.3) is 0 Å². The standard InChI is InChI=1S/C11H12N2O4/c1-3-17-10(14)7-6-9-5-4-8(2)12-11(9)13(15)16/h4-7H,3H2,1-2H3/b7-6+. The minimum Gasteiger partial charge on any atom is -0.463 e. The largest absolute Gasteiger partial charge is 0.463 e. The molecule has 0 aliphatic carbocycles. The number of hydrogen-bond acceptors (Lipinski definition) is 5. The number of ether oxygens (including phenoxy) is 1. The van der Waals surface area contributed by atoms with E-state index in [4.69, 9.17) is 0 Å². The zero-order chi connectivity index (χ0) is 12.8. The second-order valence-corrected chi connectivity index (χ2v) is 3.21. The minimum atomic E-state index is -0.585. The predicted molar refractivity (Wildman–Crippen MR) is 61.3 cm³/mol. The van der Waals surface area contributed by atoms with Gasteiger partial charge in [0.05, 0.1) is 12.2 Å². The average molecular weight is 236 g/mol. The average Bonchev–Trinajstić information content (AvgIpc) is 2.27. The number of pyridine rings is 1. The normalized spacial score (nSPS) is 10.5.